The molecule has 1 aromatic carbocycles. The van der Waals surface area contributed by atoms with Gasteiger partial charge in [0.1, 0.15) is 0 Å². The van der Waals surface area contributed by atoms with Gasteiger partial charge in [0.05, 0.1) is 11.1 Å². The Morgan fingerprint density at radius 1 is 1.05 bits per heavy atom. The first kappa shape index (κ1) is 19.8. The van der Waals surface area contributed by atoms with Crippen LogP contribution in [0.2, 0.25) is 0 Å². The number of nitrogens with two attached hydrogens (primary N) is 1. The molecule has 120 valence electrons. The molecule has 0 aliphatic rings. The van der Waals surface area contributed by atoms with Crippen molar-refractivity contribution in [1.29, 1.82) is 0 Å². The standard InChI is InChI=1S/C13H13F6N.ClH/c1-7(2)3-11(20)8-4-9(12(14,15)16)6-10(5-8)13(17,18)19;/h4-6,11H,1,3,20H2,2H3;1H/t11-;/m0./s1. The van der Waals surface area contributed by atoms with E-state index in [0.29, 0.717) is 17.7 Å². The molecule has 1 atom stereocenters. The third-order valence-corrected chi connectivity index (χ3v) is 2.61. The van der Waals surface area contributed by atoms with Gasteiger partial charge in [-0.25, -0.2) is 0 Å². The Hall–Kier alpha value is -1.21. The average Bonchev–Trinajstić information content (AvgIpc) is 2.25. The molecule has 0 amide bonds. The summed E-state index contributed by atoms with van der Waals surface area (Å²) in [7, 11) is 0. The van der Waals surface area contributed by atoms with Crippen LogP contribution in [0.5, 0.6) is 0 Å². The van der Waals surface area contributed by atoms with E-state index >= 15 is 0 Å². The summed E-state index contributed by atoms with van der Waals surface area (Å²) in [5, 5.41) is 0. The van der Waals surface area contributed by atoms with Gasteiger partial charge in [-0.1, -0.05) is 5.57 Å². The van der Waals surface area contributed by atoms with Crippen molar-refractivity contribution in [2.24, 2.45) is 5.73 Å². The Balaban J connectivity index is 0.00000400. The van der Waals surface area contributed by atoms with Gasteiger partial charge < -0.3 is 5.73 Å². The molecule has 0 radical (unpaired) electrons. The number of hydrogen-bond acceptors (Lipinski definition) is 1. The van der Waals surface area contributed by atoms with Crippen LogP contribution in [-0.4, -0.2) is 0 Å². The van der Waals surface area contributed by atoms with Gasteiger partial charge in [-0.2, -0.15) is 26.3 Å². The molecule has 0 spiro atoms. The maximum absolute atomic E-state index is 12.6. The lowest BCUT2D eigenvalue weighted by Crippen LogP contribution is -2.16. The fourth-order valence-corrected chi connectivity index (χ4v) is 1.69. The Labute approximate surface area is 124 Å². The monoisotopic (exact) mass is 333 g/mol. The van der Waals surface area contributed by atoms with E-state index in [9.17, 15) is 26.3 Å². The average molecular weight is 334 g/mol. The molecule has 1 nitrogen and oxygen atoms in total. The SMILES string of the molecule is C=C(C)C[C@H](N)c1cc(C(F)(F)F)cc(C(F)(F)F)c1.Cl. The lowest BCUT2D eigenvalue weighted by molar-refractivity contribution is -0.143. The highest BCUT2D eigenvalue weighted by molar-refractivity contribution is 5.85. The molecule has 0 saturated heterocycles. The topological polar surface area (TPSA) is 26.0 Å². The van der Waals surface area contributed by atoms with Crippen molar-refractivity contribution < 1.29 is 26.3 Å². The Morgan fingerprint density at radius 3 is 1.71 bits per heavy atom. The van der Waals surface area contributed by atoms with Gasteiger partial charge in [-0.15, -0.1) is 19.0 Å². The van der Waals surface area contributed by atoms with Crippen LogP contribution in [-0.2, 0) is 12.4 Å². The molecule has 2 N–H and O–H groups in total. The van der Waals surface area contributed by atoms with Crippen LogP contribution in [0.1, 0.15) is 36.1 Å². The van der Waals surface area contributed by atoms with E-state index in [0.717, 1.165) is 0 Å². The lowest BCUT2D eigenvalue weighted by atomic mass is 9.96. The predicted octanol–water partition coefficient (Wildman–Crippen LogP) is 5.11. The minimum atomic E-state index is -4.86. The van der Waals surface area contributed by atoms with Gasteiger partial charge in [0.25, 0.3) is 0 Å². The maximum Gasteiger partial charge on any atom is 0.416 e. The second-order valence-corrected chi connectivity index (χ2v) is 4.61. The summed E-state index contributed by atoms with van der Waals surface area (Å²) in [5.74, 6) is 0. The zero-order chi connectivity index (χ0) is 15.7. The van der Waals surface area contributed by atoms with Gasteiger partial charge in [0.2, 0.25) is 0 Å². The van der Waals surface area contributed by atoms with Crippen molar-refractivity contribution in [3.63, 3.8) is 0 Å². The molecule has 0 aliphatic carbocycles. The summed E-state index contributed by atoms with van der Waals surface area (Å²) in [4.78, 5) is 0. The zero-order valence-corrected chi connectivity index (χ0v) is 11.8. The van der Waals surface area contributed by atoms with E-state index in [2.05, 4.69) is 6.58 Å². The molecule has 0 heterocycles. The molecule has 0 fully saturated rings. The molecular formula is C13H14ClF6N. The molecule has 0 unspecified atom stereocenters. The number of hydrogen-bond donors (Lipinski definition) is 1. The third kappa shape index (κ3) is 5.59. The highest BCUT2D eigenvalue weighted by Crippen LogP contribution is 2.37. The molecule has 0 bridgehead atoms. The largest absolute Gasteiger partial charge is 0.416 e. The Kier molecular flexibility index (Phi) is 6.31. The zero-order valence-electron chi connectivity index (χ0n) is 11.0. The third-order valence-electron chi connectivity index (χ3n) is 2.61. The predicted molar refractivity (Wildman–Crippen MR) is 70.1 cm³/mol. The number of halogens is 7. The number of alkyl halides is 6. The van der Waals surface area contributed by atoms with Crippen LogP contribution < -0.4 is 5.73 Å². The fraction of sp³-hybridized carbons (Fsp3) is 0.385. The van der Waals surface area contributed by atoms with E-state index in [4.69, 9.17) is 5.73 Å². The Morgan fingerprint density at radius 2 is 1.43 bits per heavy atom. The van der Waals surface area contributed by atoms with E-state index in [-0.39, 0.29) is 30.5 Å². The fourth-order valence-electron chi connectivity index (χ4n) is 1.69. The second kappa shape index (κ2) is 6.70. The quantitative estimate of drug-likeness (QED) is 0.603. The second-order valence-electron chi connectivity index (χ2n) is 4.61. The molecule has 0 saturated carbocycles. The summed E-state index contributed by atoms with van der Waals surface area (Å²) in [6, 6.07) is 0.402. The van der Waals surface area contributed by atoms with Gasteiger partial charge in [-0.05, 0) is 37.1 Å². The Bertz CT molecular complexity index is 474. The first-order chi connectivity index (χ1) is 8.91. The molecule has 21 heavy (non-hydrogen) atoms. The van der Waals surface area contributed by atoms with Crippen LogP contribution in [0.15, 0.2) is 30.4 Å². The molecule has 1 rings (SSSR count). The van der Waals surface area contributed by atoms with Gasteiger partial charge >= 0.3 is 12.4 Å². The summed E-state index contributed by atoms with van der Waals surface area (Å²) in [6.45, 7) is 5.13. The molecule has 0 aromatic heterocycles. The van der Waals surface area contributed by atoms with E-state index in [1.54, 1.807) is 6.92 Å². The number of rotatable bonds is 3. The smallest absolute Gasteiger partial charge is 0.324 e. The van der Waals surface area contributed by atoms with E-state index in [1.165, 1.54) is 0 Å². The van der Waals surface area contributed by atoms with E-state index < -0.39 is 29.5 Å². The van der Waals surface area contributed by atoms with Crippen molar-refractivity contribution in [3.05, 3.63) is 47.0 Å². The van der Waals surface area contributed by atoms with Gasteiger partial charge in [-0.3, -0.25) is 0 Å². The van der Waals surface area contributed by atoms with Gasteiger partial charge in [0.15, 0.2) is 0 Å². The maximum atomic E-state index is 12.6. The van der Waals surface area contributed by atoms with Crippen molar-refractivity contribution in [1.82, 2.24) is 0 Å². The number of benzene rings is 1. The highest BCUT2D eigenvalue weighted by atomic mass is 35.5. The molecule has 1 aromatic rings. The minimum Gasteiger partial charge on any atom is -0.324 e. The van der Waals surface area contributed by atoms with Crippen LogP contribution in [0.3, 0.4) is 0 Å². The molecule has 0 aliphatic heterocycles. The van der Waals surface area contributed by atoms with Crippen molar-refractivity contribution >= 4 is 12.4 Å². The normalized spacial score (nSPS) is 13.5. The van der Waals surface area contributed by atoms with E-state index in [1.807, 2.05) is 0 Å². The van der Waals surface area contributed by atoms with Crippen molar-refractivity contribution in [2.45, 2.75) is 31.7 Å². The minimum absolute atomic E-state index is 0. The van der Waals surface area contributed by atoms with Crippen molar-refractivity contribution in [2.75, 3.05) is 0 Å². The molecule has 8 heteroatoms. The molecular weight excluding hydrogens is 320 g/mol. The van der Waals surface area contributed by atoms with Crippen LogP contribution in [0.4, 0.5) is 26.3 Å². The summed E-state index contributed by atoms with van der Waals surface area (Å²) in [5.41, 5.74) is 3.26. The van der Waals surface area contributed by atoms with Crippen molar-refractivity contribution in [3.8, 4) is 0 Å². The van der Waals surface area contributed by atoms with Gasteiger partial charge in [0, 0.05) is 6.04 Å². The lowest BCUT2D eigenvalue weighted by Gasteiger charge is -2.18. The summed E-state index contributed by atoms with van der Waals surface area (Å²) in [6.07, 6.45) is -9.61. The summed E-state index contributed by atoms with van der Waals surface area (Å²) >= 11 is 0. The van der Waals surface area contributed by atoms with Crippen LogP contribution >= 0.6 is 12.4 Å². The van der Waals surface area contributed by atoms with Crippen LogP contribution in [0.25, 0.3) is 0 Å². The van der Waals surface area contributed by atoms with Crippen LogP contribution in [0, 0.1) is 0 Å². The first-order valence-corrected chi connectivity index (χ1v) is 5.60. The first-order valence-electron chi connectivity index (χ1n) is 5.60. The highest BCUT2D eigenvalue weighted by Gasteiger charge is 2.37. The summed E-state index contributed by atoms with van der Waals surface area (Å²) < 4.78 is 75.8.